The summed E-state index contributed by atoms with van der Waals surface area (Å²) in [7, 11) is 0. The third-order valence-electron chi connectivity index (χ3n) is 4.32. The number of rotatable bonds is 2. The molecule has 0 heterocycles. The third kappa shape index (κ3) is 2.48. The van der Waals surface area contributed by atoms with Gasteiger partial charge in [-0.05, 0) is 67.0 Å². The second-order valence-electron chi connectivity index (χ2n) is 5.77. The van der Waals surface area contributed by atoms with Gasteiger partial charge in [-0.15, -0.1) is 0 Å². The molecule has 20 heavy (non-hydrogen) atoms. The van der Waals surface area contributed by atoms with E-state index >= 15 is 0 Å². The van der Waals surface area contributed by atoms with Crippen molar-refractivity contribution in [1.29, 1.82) is 0 Å². The highest BCUT2D eigenvalue weighted by Gasteiger charge is 2.26. The molecule has 1 aliphatic carbocycles. The van der Waals surface area contributed by atoms with Crippen LogP contribution in [0, 0.1) is 0 Å². The smallest absolute Gasteiger partial charge is 0.112 e. The zero-order chi connectivity index (χ0) is 14.2. The van der Waals surface area contributed by atoms with Gasteiger partial charge in [0, 0.05) is 5.02 Å². The molecule has 1 atom stereocenters. The van der Waals surface area contributed by atoms with E-state index in [2.05, 4.69) is 18.2 Å². The lowest BCUT2D eigenvalue weighted by Crippen LogP contribution is -2.23. The molecule has 1 N–H and O–H groups in total. The van der Waals surface area contributed by atoms with Gasteiger partial charge in [-0.1, -0.05) is 41.9 Å². The topological polar surface area (TPSA) is 20.2 Å². The van der Waals surface area contributed by atoms with Gasteiger partial charge in [-0.25, -0.2) is 0 Å². The van der Waals surface area contributed by atoms with E-state index in [0.29, 0.717) is 5.02 Å². The van der Waals surface area contributed by atoms with Crippen molar-refractivity contribution in [2.45, 2.75) is 38.2 Å². The van der Waals surface area contributed by atoms with Crippen molar-refractivity contribution in [1.82, 2.24) is 0 Å². The van der Waals surface area contributed by atoms with E-state index in [1.165, 1.54) is 30.4 Å². The van der Waals surface area contributed by atoms with Gasteiger partial charge in [0.25, 0.3) is 0 Å². The molecular formula is C18H19ClO. The molecule has 1 nitrogen and oxygen atoms in total. The van der Waals surface area contributed by atoms with Gasteiger partial charge in [0.05, 0.1) is 0 Å². The number of hydrogen-bond acceptors (Lipinski definition) is 1. The largest absolute Gasteiger partial charge is 0.381 e. The molecule has 2 heteroatoms. The maximum atomic E-state index is 10.9. The molecule has 0 bridgehead atoms. The molecule has 0 saturated heterocycles. The number of benzene rings is 2. The van der Waals surface area contributed by atoms with E-state index in [1.54, 1.807) is 0 Å². The molecule has 2 aromatic rings. The summed E-state index contributed by atoms with van der Waals surface area (Å²) in [6, 6.07) is 13.8. The fraction of sp³-hybridized carbons (Fsp3) is 0.333. The Hall–Kier alpha value is -1.31. The quantitative estimate of drug-likeness (QED) is 0.863. The van der Waals surface area contributed by atoms with E-state index in [4.69, 9.17) is 11.6 Å². The van der Waals surface area contributed by atoms with Gasteiger partial charge in [0.2, 0.25) is 0 Å². The molecule has 104 valence electrons. The number of fused-ring (bicyclic) bond motifs is 1. The zero-order valence-corrected chi connectivity index (χ0v) is 12.5. The van der Waals surface area contributed by atoms with E-state index in [1.807, 2.05) is 31.2 Å². The molecule has 0 saturated carbocycles. The fourth-order valence-corrected chi connectivity index (χ4v) is 3.10. The van der Waals surface area contributed by atoms with Gasteiger partial charge >= 0.3 is 0 Å². The summed E-state index contributed by atoms with van der Waals surface area (Å²) in [6.45, 7) is 1.85. The van der Waals surface area contributed by atoms with Gasteiger partial charge in [-0.2, -0.15) is 0 Å². The van der Waals surface area contributed by atoms with Gasteiger partial charge in [0.15, 0.2) is 0 Å². The van der Waals surface area contributed by atoms with E-state index in [0.717, 1.165) is 17.5 Å². The highest BCUT2D eigenvalue weighted by Crippen LogP contribution is 2.32. The number of halogens is 1. The minimum Gasteiger partial charge on any atom is -0.381 e. The van der Waals surface area contributed by atoms with Crippen LogP contribution in [0.15, 0.2) is 42.5 Å². The molecule has 1 unspecified atom stereocenters. The summed E-state index contributed by atoms with van der Waals surface area (Å²) in [5.74, 6) is 0. The van der Waals surface area contributed by atoms with Crippen molar-refractivity contribution in [3.05, 3.63) is 69.7 Å². The van der Waals surface area contributed by atoms with Crippen molar-refractivity contribution in [2.24, 2.45) is 0 Å². The summed E-state index contributed by atoms with van der Waals surface area (Å²) in [4.78, 5) is 0. The zero-order valence-electron chi connectivity index (χ0n) is 11.7. The minimum atomic E-state index is -0.975. The summed E-state index contributed by atoms with van der Waals surface area (Å²) in [6.07, 6.45) is 4.82. The van der Waals surface area contributed by atoms with Crippen molar-refractivity contribution in [2.75, 3.05) is 0 Å². The van der Waals surface area contributed by atoms with Crippen molar-refractivity contribution in [3.8, 4) is 0 Å². The van der Waals surface area contributed by atoms with Crippen LogP contribution in [0.25, 0.3) is 0 Å². The average Bonchev–Trinajstić information content (AvgIpc) is 2.47. The Morgan fingerprint density at radius 3 is 2.20 bits per heavy atom. The van der Waals surface area contributed by atoms with Crippen LogP contribution in [0.5, 0.6) is 0 Å². The van der Waals surface area contributed by atoms with Crippen LogP contribution in [-0.2, 0) is 18.4 Å². The summed E-state index contributed by atoms with van der Waals surface area (Å²) in [5, 5.41) is 11.6. The summed E-state index contributed by atoms with van der Waals surface area (Å²) in [5.41, 5.74) is 3.69. The molecule has 0 fully saturated rings. The van der Waals surface area contributed by atoms with E-state index in [-0.39, 0.29) is 0 Å². The Balaban J connectivity index is 2.00. The molecule has 0 aromatic heterocycles. The predicted molar refractivity (Wildman–Crippen MR) is 83.2 cm³/mol. The van der Waals surface area contributed by atoms with Crippen molar-refractivity contribution < 1.29 is 5.11 Å². The molecule has 2 aromatic carbocycles. The molecule has 0 amide bonds. The molecule has 0 radical (unpaired) electrons. The average molecular weight is 287 g/mol. The van der Waals surface area contributed by atoms with Gasteiger partial charge in [-0.3, -0.25) is 0 Å². The van der Waals surface area contributed by atoms with Crippen LogP contribution in [0.2, 0.25) is 5.02 Å². The molecular weight excluding hydrogens is 268 g/mol. The highest BCUT2D eigenvalue weighted by atomic mass is 35.5. The lowest BCUT2D eigenvalue weighted by atomic mass is 9.83. The molecule has 0 spiro atoms. The SMILES string of the molecule is CC(O)(c1ccc(Cl)cc1)c1ccc2c(c1)CCCC2. The second-order valence-corrected chi connectivity index (χ2v) is 6.21. The van der Waals surface area contributed by atoms with Crippen LogP contribution in [0.1, 0.15) is 42.0 Å². The fourth-order valence-electron chi connectivity index (χ4n) is 2.98. The first-order valence-corrected chi connectivity index (χ1v) is 7.56. The predicted octanol–water partition coefficient (Wildman–Crippen LogP) is 4.47. The van der Waals surface area contributed by atoms with E-state index < -0.39 is 5.60 Å². The van der Waals surface area contributed by atoms with Gasteiger partial charge < -0.3 is 5.11 Å². The van der Waals surface area contributed by atoms with Crippen LogP contribution >= 0.6 is 11.6 Å². The summed E-state index contributed by atoms with van der Waals surface area (Å²) >= 11 is 5.92. The highest BCUT2D eigenvalue weighted by molar-refractivity contribution is 6.30. The van der Waals surface area contributed by atoms with Crippen molar-refractivity contribution in [3.63, 3.8) is 0 Å². The van der Waals surface area contributed by atoms with Crippen LogP contribution in [-0.4, -0.2) is 5.11 Å². The van der Waals surface area contributed by atoms with E-state index in [9.17, 15) is 5.11 Å². The lowest BCUT2D eigenvalue weighted by molar-refractivity contribution is 0.102. The number of hydrogen-bond donors (Lipinski definition) is 1. The van der Waals surface area contributed by atoms with Crippen LogP contribution < -0.4 is 0 Å². The van der Waals surface area contributed by atoms with Crippen LogP contribution in [0.4, 0.5) is 0 Å². The maximum Gasteiger partial charge on any atom is 0.112 e. The molecule has 1 aliphatic rings. The first-order chi connectivity index (χ1) is 9.57. The summed E-state index contributed by atoms with van der Waals surface area (Å²) < 4.78 is 0. The maximum absolute atomic E-state index is 10.9. The van der Waals surface area contributed by atoms with Crippen molar-refractivity contribution >= 4 is 11.6 Å². The number of aryl methyl sites for hydroxylation is 2. The van der Waals surface area contributed by atoms with Gasteiger partial charge in [0.1, 0.15) is 5.60 Å². The Morgan fingerprint density at radius 2 is 1.50 bits per heavy atom. The third-order valence-corrected chi connectivity index (χ3v) is 4.57. The molecule has 3 rings (SSSR count). The number of aliphatic hydroxyl groups is 1. The Labute approximate surface area is 125 Å². The lowest BCUT2D eigenvalue weighted by Gasteiger charge is -2.27. The first kappa shape index (κ1) is 13.7. The Morgan fingerprint density at radius 1 is 0.900 bits per heavy atom. The molecule has 0 aliphatic heterocycles. The minimum absolute atomic E-state index is 0.690. The Kier molecular flexibility index (Phi) is 3.57. The first-order valence-electron chi connectivity index (χ1n) is 7.18. The monoisotopic (exact) mass is 286 g/mol. The standard InChI is InChI=1S/C18H19ClO/c1-18(20,15-8-10-17(19)11-9-15)16-7-6-13-4-2-3-5-14(13)12-16/h6-12,20H,2-5H2,1H3. The second kappa shape index (κ2) is 5.23. The Bertz CT molecular complexity index is 614. The van der Waals surface area contributed by atoms with Crippen LogP contribution in [0.3, 0.4) is 0 Å². The normalized spacial score (nSPS) is 17.4.